The highest BCUT2D eigenvalue weighted by molar-refractivity contribution is 9.11. The Morgan fingerprint density at radius 2 is 1.68 bits per heavy atom. The Morgan fingerprint density at radius 1 is 0.973 bits per heavy atom. The number of nitrogens with one attached hydrogen (secondary N) is 2. The van der Waals surface area contributed by atoms with Crippen LogP contribution in [0.4, 0.5) is 11.4 Å². The Kier molecular flexibility index (Phi) is 9.89. The van der Waals surface area contributed by atoms with E-state index in [9.17, 15) is 14.9 Å². The second kappa shape index (κ2) is 13.1. The first-order valence-corrected chi connectivity index (χ1v) is 12.9. The molecular formula is C28H25Br2N3O4. The molecule has 0 heterocycles. The van der Waals surface area contributed by atoms with Gasteiger partial charge in [-0.25, -0.2) is 0 Å². The summed E-state index contributed by atoms with van der Waals surface area (Å²) in [5, 5.41) is 15.1. The molecule has 3 rings (SSSR count). The highest BCUT2D eigenvalue weighted by Crippen LogP contribution is 2.37. The van der Waals surface area contributed by atoms with Gasteiger partial charge in [-0.2, -0.15) is 5.26 Å². The van der Waals surface area contributed by atoms with Crippen molar-refractivity contribution in [3.8, 4) is 17.6 Å². The van der Waals surface area contributed by atoms with Gasteiger partial charge < -0.3 is 20.1 Å². The number of carbonyl (C=O) groups excluding carboxylic acids is 2. The number of amides is 2. The van der Waals surface area contributed by atoms with Crippen molar-refractivity contribution in [2.24, 2.45) is 0 Å². The van der Waals surface area contributed by atoms with Gasteiger partial charge in [0, 0.05) is 10.2 Å². The number of aryl methyl sites for hydroxylation is 2. The number of hydrogen-bond donors (Lipinski definition) is 2. The maximum absolute atomic E-state index is 12.6. The minimum atomic E-state index is -0.530. The van der Waals surface area contributed by atoms with E-state index in [1.165, 1.54) is 6.08 Å². The molecule has 7 nitrogen and oxygen atoms in total. The molecule has 190 valence electrons. The highest BCUT2D eigenvalue weighted by Gasteiger charge is 2.16. The molecule has 0 spiro atoms. The molecule has 9 heteroatoms. The third-order valence-electron chi connectivity index (χ3n) is 5.24. The Bertz CT molecular complexity index is 1380. The minimum Gasteiger partial charge on any atom is -0.490 e. The van der Waals surface area contributed by atoms with Crippen molar-refractivity contribution >= 4 is 61.1 Å². The molecule has 0 aliphatic rings. The summed E-state index contributed by atoms with van der Waals surface area (Å²) < 4.78 is 12.8. The summed E-state index contributed by atoms with van der Waals surface area (Å²) in [6, 6.07) is 18.0. The lowest BCUT2D eigenvalue weighted by atomic mass is 10.1. The summed E-state index contributed by atoms with van der Waals surface area (Å²) in [6.45, 7) is 5.87. The van der Waals surface area contributed by atoms with Crippen LogP contribution in [-0.2, 0) is 9.59 Å². The fraction of sp³-hybridized carbons (Fsp3) is 0.179. The van der Waals surface area contributed by atoms with Gasteiger partial charge in [0.1, 0.15) is 11.6 Å². The number of para-hydroxylation sites is 1. The lowest BCUT2D eigenvalue weighted by Gasteiger charge is -2.15. The zero-order valence-corrected chi connectivity index (χ0v) is 23.7. The van der Waals surface area contributed by atoms with E-state index < -0.39 is 5.91 Å². The third-order valence-corrected chi connectivity index (χ3v) is 6.49. The van der Waals surface area contributed by atoms with Crippen molar-refractivity contribution in [3.63, 3.8) is 0 Å². The Labute approximate surface area is 232 Å². The number of nitrogens with zero attached hydrogens (tertiary/aromatic N) is 1. The number of anilines is 2. The number of benzene rings is 3. The van der Waals surface area contributed by atoms with Crippen LogP contribution in [0.5, 0.6) is 11.5 Å². The highest BCUT2D eigenvalue weighted by atomic mass is 79.9. The molecule has 0 aliphatic heterocycles. The Balaban J connectivity index is 1.77. The van der Waals surface area contributed by atoms with Crippen molar-refractivity contribution in [1.29, 1.82) is 5.26 Å². The molecule has 0 saturated carbocycles. The van der Waals surface area contributed by atoms with Crippen molar-refractivity contribution in [2.45, 2.75) is 20.8 Å². The van der Waals surface area contributed by atoms with E-state index in [-0.39, 0.29) is 18.1 Å². The predicted molar refractivity (Wildman–Crippen MR) is 152 cm³/mol. The summed E-state index contributed by atoms with van der Waals surface area (Å²) in [5.74, 6) is -0.173. The fourth-order valence-corrected chi connectivity index (χ4v) is 4.44. The van der Waals surface area contributed by atoms with Gasteiger partial charge in [0.25, 0.3) is 11.8 Å². The smallest absolute Gasteiger partial charge is 0.266 e. The molecule has 37 heavy (non-hydrogen) atoms. The number of ether oxygens (including phenoxy) is 2. The number of carbonyl (C=O) groups is 2. The van der Waals surface area contributed by atoms with Crippen molar-refractivity contribution in [2.75, 3.05) is 23.8 Å². The second-order valence-electron chi connectivity index (χ2n) is 8.01. The van der Waals surface area contributed by atoms with Gasteiger partial charge in [-0.05, 0) is 112 Å². The predicted octanol–water partition coefficient (Wildman–Crippen LogP) is 6.79. The molecule has 0 aliphatic carbocycles. The standard InChI is InChI=1S/C28H25Br2N3O4/c1-4-36-25-14-19(12-20(15-31)28(35)32-21-8-6-5-7-9-21)13-23(30)27(25)37-16-26(34)33-24-11-18(3)17(2)10-22(24)29/h5-14H,4,16H2,1-3H3,(H,32,35)(H,33,34)/b20-12-. The quantitative estimate of drug-likeness (QED) is 0.201. The minimum absolute atomic E-state index is 0.0785. The van der Waals surface area contributed by atoms with Crippen LogP contribution < -0.4 is 20.1 Å². The molecule has 0 radical (unpaired) electrons. The summed E-state index contributed by atoms with van der Waals surface area (Å²) >= 11 is 6.93. The van der Waals surface area contributed by atoms with E-state index in [4.69, 9.17) is 9.47 Å². The van der Waals surface area contributed by atoms with Gasteiger partial charge in [-0.1, -0.05) is 18.2 Å². The van der Waals surface area contributed by atoms with Crippen LogP contribution in [0.1, 0.15) is 23.6 Å². The molecule has 0 atom stereocenters. The zero-order chi connectivity index (χ0) is 26.9. The number of hydrogen-bond acceptors (Lipinski definition) is 5. The van der Waals surface area contributed by atoms with E-state index in [2.05, 4.69) is 42.5 Å². The van der Waals surface area contributed by atoms with Crippen LogP contribution in [-0.4, -0.2) is 25.0 Å². The normalized spacial score (nSPS) is 10.9. The molecule has 2 N–H and O–H groups in total. The summed E-state index contributed by atoms with van der Waals surface area (Å²) in [4.78, 5) is 25.2. The molecule has 3 aromatic rings. The number of nitriles is 1. The fourth-order valence-electron chi connectivity index (χ4n) is 3.31. The Hall–Kier alpha value is -3.61. The first-order chi connectivity index (χ1) is 17.7. The van der Waals surface area contributed by atoms with E-state index in [1.54, 1.807) is 36.4 Å². The molecule has 0 bridgehead atoms. The molecule has 0 saturated heterocycles. The average Bonchev–Trinajstić information content (AvgIpc) is 2.86. The van der Waals surface area contributed by atoms with Crippen LogP contribution in [0.3, 0.4) is 0 Å². The van der Waals surface area contributed by atoms with E-state index in [0.717, 1.165) is 15.6 Å². The number of rotatable bonds is 9. The molecule has 2 amide bonds. The molecular weight excluding hydrogens is 602 g/mol. The summed E-state index contributed by atoms with van der Waals surface area (Å²) in [7, 11) is 0. The average molecular weight is 627 g/mol. The zero-order valence-electron chi connectivity index (χ0n) is 20.5. The van der Waals surface area contributed by atoms with Crippen LogP contribution in [0.15, 0.2) is 69.1 Å². The van der Waals surface area contributed by atoms with Crippen molar-refractivity contribution < 1.29 is 19.1 Å². The van der Waals surface area contributed by atoms with Gasteiger partial charge in [0.2, 0.25) is 0 Å². The summed E-state index contributed by atoms with van der Waals surface area (Å²) in [5.41, 5.74) is 3.87. The summed E-state index contributed by atoms with van der Waals surface area (Å²) in [6.07, 6.45) is 1.46. The largest absolute Gasteiger partial charge is 0.490 e. The second-order valence-corrected chi connectivity index (χ2v) is 9.71. The van der Waals surface area contributed by atoms with Gasteiger partial charge >= 0.3 is 0 Å². The topological polar surface area (TPSA) is 100 Å². The van der Waals surface area contributed by atoms with E-state index in [1.807, 2.05) is 45.0 Å². The lowest BCUT2D eigenvalue weighted by molar-refractivity contribution is -0.118. The monoisotopic (exact) mass is 625 g/mol. The Morgan fingerprint density at radius 3 is 2.35 bits per heavy atom. The maximum Gasteiger partial charge on any atom is 0.266 e. The van der Waals surface area contributed by atoms with Crippen molar-refractivity contribution in [1.82, 2.24) is 0 Å². The van der Waals surface area contributed by atoms with E-state index >= 15 is 0 Å². The first kappa shape index (κ1) is 28.0. The van der Waals surface area contributed by atoms with Gasteiger partial charge in [0.05, 0.1) is 16.8 Å². The van der Waals surface area contributed by atoms with Gasteiger partial charge in [-0.3, -0.25) is 9.59 Å². The SMILES string of the molecule is CCOc1cc(/C=C(/C#N)C(=O)Nc2ccccc2)cc(Br)c1OCC(=O)Nc1cc(C)c(C)cc1Br. The van der Waals surface area contributed by atoms with Crippen LogP contribution in [0.2, 0.25) is 0 Å². The van der Waals surface area contributed by atoms with Crippen LogP contribution in [0.25, 0.3) is 6.08 Å². The lowest BCUT2D eigenvalue weighted by Crippen LogP contribution is -2.21. The molecule has 3 aromatic carbocycles. The van der Waals surface area contributed by atoms with Gasteiger partial charge in [0.15, 0.2) is 18.1 Å². The first-order valence-electron chi connectivity index (χ1n) is 11.4. The van der Waals surface area contributed by atoms with Gasteiger partial charge in [-0.15, -0.1) is 0 Å². The molecule has 0 aromatic heterocycles. The third kappa shape index (κ3) is 7.68. The molecule has 0 unspecified atom stereocenters. The van der Waals surface area contributed by atoms with E-state index in [0.29, 0.717) is 39.5 Å². The maximum atomic E-state index is 12.6. The van der Waals surface area contributed by atoms with Crippen LogP contribution in [0, 0.1) is 25.2 Å². The number of halogens is 2. The molecule has 0 fully saturated rings. The van der Waals surface area contributed by atoms with Crippen LogP contribution >= 0.6 is 31.9 Å². The van der Waals surface area contributed by atoms with Crippen molar-refractivity contribution in [3.05, 3.63) is 85.8 Å².